The molecule has 1 atom stereocenters. The van der Waals surface area contributed by atoms with Crippen LogP contribution in [0, 0.1) is 5.92 Å². The van der Waals surface area contributed by atoms with Crippen molar-refractivity contribution in [3.05, 3.63) is 18.0 Å². The number of rotatable bonds is 6. The third-order valence-electron chi connectivity index (χ3n) is 3.64. The number of hydrogen-bond acceptors (Lipinski definition) is 3. The number of carbonyl (C=O) groups excluding carboxylic acids is 1. The molecule has 0 amide bonds. The molecule has 2 heterocycles. The van der Waals surface area contributed by atoms with Gasteiger partial charge >= 0.3 is 0 Å². The number of Topliss-reactive ketones (excluding diaryl/α,β-unsaturated/α-hetero) is 1. The first-order valence-electron chi connectivity index (χ1n) is 7.01. The predicted molar refractivity (Wildman–Crippen MR) is 71.4 cm³/mol. The van der Waals surface area contributed by atoms with Crippen LogP contribution in [0.25, 0.3) is 0 Å². The Morgan fingerprint density at radius 1 is 1.61 bits per heavy atom. The minimum absolute atomic E-state index is 0.344. The van der Waals surface area contributed by atoms with Gasteiger partial charge in [0.1, 0.15) is 5.78 Å². The van der Waals surface area contributed by atoms with Crippen molar-refractivity contribution in [1.82, 2.24) is 15.1 Å². The van der Waals surface area contributed by atoms with Gasteiger partial charge < -0.3 is 5.32 Å². The number of piperidine rings is 1. The van der Waals surface area contributed by atoms with Crippen molar-refractivity contribution < 1.29 is 4.79 Å². The van der Waals surface area contributed by atoms with Gasteiger partial charge in [-0.05, 0) is 50.8 Å². The average Bonchev–Trinajstić information content (AvgIpc) is 2.85. The molecule has 0 aliphatic carbocycles. The second-order valence-corrected chi connectivity index (χ2v) is 5.17. The molecule has 1 N–H and O–H groups in total. The maximum Gasteiger partial charge on any atom is 0.137 e. The average molecular weight is 249 g/mol. The Morgan fingerprint density at radius 2 is 2.50 bits per heavy atom. The lowest BCUT2D eigenvalue weighted by molar-refractivity contribution is -0.118. The zero-order chi connectivity index (χ0) is 12.8. The highest BCUT2D eigenvalue weighted by Crippen LogP contribution is 2.16. The zero-order valence-corrected chi connectivity index (χ0v) is 11.2. The van der Waals surface area contributed by atoms with Crippen LogP contribution in [-0.2, 0) is 17.8 Å². The highest BCUT2D eigenvalue weighted by atomic mass is 16.1. The molecular formula is C14H23N3O. The van der Waals surface area contributed by atoms with E-state index in [1.807, 2.05) is 17.1 Å². The Hall–Kier alpha value is -1.16. The molecule has 1 aromatic heterocycles. The van der Waals surface area contributed by atoms with Crippen molar-refractivity contribution in [2.75, 3.05) is 13.1 Å². The fourth-order valence-electron chi connectivity index (χ4n) is 2.52. The van der Waals surface area contributed by atoms with Gasteiger partial charge in [0.2, 0.25) is 0 Å². The van der Waals surface area contributed by atoms with E-state index in [0.29, 0.717) is 24.5 Å². The smallest absolute Gasteiger partial charge is 0.137 e. The molecule has 2 rings (SSSR count). The number of hydrogen-bond donors (Lipinski definition) is 1. The molecule has 1 aliphatic rings. The minimum atomic E-state index is 0.344. The van der Waals surface area contributed by atoms with Gasteiger partial charge in [-0.3, -0.25) is 9.48 Å². The van der Waals surface area contributed by atoms with Crippen LogP contribution >= 0.6 is 0 Å². The molecule has 4 nitrogen and oxygen atoms in total. The molecule has 0 aromatic carbocycles. The standard InChI is InChI=1S/C14H23N3O/c1-2-17-11-13(10-16-17)8-14(18)6-5-12-4-3-7-15-9-12/h10-12,15H,2-9H2,1H3. The molecule has 0 spiro atoms. The van der Waals surface area contributed by atoms with E-state index in [2.05, 4.69) is 17.3 Å². The second-order valence-electron chi connectivity index (χ2n) is 5.17. The van der Waals surface area contributed by atoms with Crippen molar-refractivity contribution in [1.29, 1.82) is 0 Å². The van der Waals surface area contributed by atoms with E-state index < -0.39 is 0 Å². The number of nitrogens with one attached hydrogen (secondary N) is 1. The number of aryl methyl sites for hydroxylation is 1. The maximum absolute atomic E-state index is 11.9. The first-order valence-corrected chi connectivity index (χ1v) is 7.01. The zero-order valence-electron chi connectivity index (χ0n) is 11.2. The molecule has 100 valence electrons. The van der Waals surface area contributed by atoms with E-state index in [-0.39, 0.29) is 0 Å². The normalized spacial score (nSPS) is 19.9. The van der Waals surface area contributed by atoms with Crippen molar-refractivity contribution in [3.63, 3.8) is 0 Å². The highest BCUT2D eigenvalue weighted by Gasteiger charge is 2.14. The van der Waals surface area contributed by atoms with E-state index in [1.165, 1.54) is 12.8 Å². The minimum Gasteiger partial charge on any atom is -0.316 e. The molecule has 1 unspecified atom stereocenters. The van der Waals surface area contributed by atoms with Gasteiger partial charge in [-0.15, -0.1) is 0 Å². The van der Waals surface area contributed by atoms with E-state index in [1.54, 1.807) is 0 Å². The quantitative estimate of drug-likeness (QED) is 0.836. The Labute approximate surface area is 109 Å². The predicted octanol–water partition coefficient (Wildman–Crippen LogP) is 1.79. The van der Waals surface area contributed by atoms with E-state index in [0.717, 1.165) is 31.6 Å². The molecular weight excluding hydrogens is 226 g/mol. The monoisotopic (exact) mass is 249 g/mol. The third kappa shape index (κ3) is 3.95. The van der Waals surface area contributed by atoms with Gasteiger partial charge in [-0.2, -0.15) is 5.10 Å². The van der Waals surface area contributed by atoms with Crippen LogP contribution in [0.3, 0.4) is 0 Å². The molecule has 1 saturated heterocycles. The van der Waals surface area contributed by atoms with Gasteiger partial charge in [0, 0.05) is 25.6 Å². The van der Waals surface area contributed by atoms with Crippen LogP contribution < -0.4 is 5.32 Å². The fourth-order valence-corrected chi connectivity index (χ4v) is 2.52. The highest BCUT2D eigenvalue weighted by molar-refractivity contribution is 5.80. The summed E-state index contributed by atoms with van der Waals surface area (Å²) in [5.74, 6) is 1.04. The third-order valence-corrected chi connectivity index (χ3v) is 3.64. The van der Waals surface area contributed by atoms with Gasteiger partial charge in [-0.1, -0.05) is 0 Å². The first-order chi connectivity index (χ1) is 8.78. The molecule has 4 heteroatoms. The number of aromatic nitrogens is 2. The van der Waals surface area contributed by atoms with Crippen molar-refractivity contribution in [2.45, 2.75) is 45.6 Å². The topological polar surface area (TPSA) is 46.9 Å². The second kappa shape index (κ2) is 6.69. The van der Waals surface area contributed by atoms with Crippen LogP contribution in [0.5, 0.6) is 0 Å². The molecule has 18 heavy (non-hydrogen) atoms. The SMILES string of the molecule is CCn1cc(CC(=O)CCC2CCCNC2)cn1. The van der Waals surface area contributed by atoms with Gasteiger partial charge in [0.15, 0.2) is 0 Å². The molecule has 1 fully saturated rings. The van der Waals surface area contributed by atoms with Crippen LogP contribution in [0.15, 0.2) is 12.4 Å². The molecule has 0 saturated carbocycles. The van der Waals surface area contributed by atoms with Crippen LogP contribution in [0.1, 0.15) is 38.2 Å². The summed E-state index contributed by atoms with van der Waals surface area (Å²) in [5.41, 5.74) is 1.05. The lowest BCUT2D eigenvalue weighted by Crippen LogP contribution is -2.30. The van der Waals surface area contributed by atoms with Crippen LogP contribution in [0.2, 0.25) is 0 Å². The number of carbonyl (C=O) groups is 1. The molecule has 1 aliphatic heterocycles. The Balaban J connectivity index is 1.71. The largest absolute Gasteiger partial charge is 0.316 e. The van der Waals surface area contributed by atoms with E-state index >= 15 is 0 Å². The van der Waals surface area contributed by atoms with Gasteiger partial charge in [0.25, 0.3) is 0 Å². The molecule has 0 bridgehead atoms. The van der Waals surface area contributed by atoms with E-state index in [4.69, 9.17) is 0 Å². The fraction of sp³-hybridized carbons (Fsp3) is 0.714. The summed E-state index contributed by atoms with van der Waals surface area (Å²) in [4.78, 5) is 11.9. The van der Waals surface area contributed by atoms with Crippen LogP contribution in [-0.4, -0.2) is 28.7 Å². The van der Waals surface area contributed by atoms with Gasteiger partial charge in [-0.25, -0.2) is 0 Å². The number of ketones is 1. The summed E-state index contributed by atoms with van der Waals surface area (Å²) < 4.78 is 1.87. The van der Waals surface area contributed by atoms with Crippen molar-refractivity contribution in [2.24, 2.45) is 5.92 Å². The van der Waals surface area contributed by atoms with Gasteiger partial charge in [0.05, 0.1) is 6.20 Å². The van der Waals surface area contributed by atoms with E-state index in [9.17, 15) is 4.79 Å². The molecule has 0 radical (unpaired) electrons. The Morgan fingerprint density at radius 3 is 3.17 bits per heavy atom. The summed E-state index contributed by atoms with van der Waals surface area (Å²) in [7, 11) is 0. The lowest BCUT2D eigenvalue weighted by atomic mass is 9.93. The van der Waals surface area contributed by atoms with Crippen LogP contribution in [0.4, 0.5) is 0 Å². The van der Waals surface area contributed by atoms with Crippen molar-refractivity contribution >= 4 is 5.78 Å². The maximum atomic E-state index is 11.9. The summed E-state index contributed by atoms with van der Waals surface area (Å²) in [6.07, 6.45) is 8.59. The Bertz CT molecular complexity index is 380. The summed E-state index contributed by atoms with van der Waals surface area (Å²) >= 11 is 0. The Kier molecular flexibility index (Phi) is 4.93. The lowest BCUT2D eigenvalue weighted by Gasteiger charge is -2.22. The van der Waals surface area contributed by atoms with Crippen molar-refractivity contribution in [3.8, 4) is 0 Å². The molecule has 1 aromatic rings. The first kappa shape index (κ1) is 13.3. The summed E-state index contributed by atoms with van der Waals surface area (Å²) in [6.45, 7) is 5.14. The summed E-state index contributed by atoms with van der Waals surface area (Å²) in [5, 5.41) is 7.59. The number of nitrogens with zero attached hydrogens (tertiary/aromatic N) is 2. The summed E-state index contributed by atoms with van der Waals surface area (Å²) in [6, 6.07) is 0.